The lowest BCUT2D eigenvalue weighted by Crippen LogP contribution is -2.45. The molecule has 2 atom stereocenters. The molecule has 0 aliphatic heterocycles. The van der Waals surface area contributed by atoms with Gasteiger partial charge in [-0.25, -0.2) is 0 Å². The topological polar surface area (TPSA) is 95.9 Å². The number of aliphatic hydroxyl groups is 2. The zero-order valence-corrected chi connectivity index (χ0v) is 36.4. The van der Waals surface area contributed by atoms with Crippen LogP contribution in [0.1, 0.15) is 239 Å². The van der Waals surface area contributed by atoms with E-state index in [1.165, 1.54) is 148 Å². The minimum atomic E-state index is -0.698. The van der Waals surface area contributed by atoms with Gasteiger partial charge in [0.2, 0.25) is 5.91 Å². The third-order valence-corrected chi connectivity index (χ3v) is 10.7. The smallest absolute Gasteiger partial charge is 0.305 e. The maximum Gasteiger partial charge on any atom is 0.305 e. The first-order valence-corrected chi connectivity index (χ1v) is 23.7. The van der Waals surface area contributed by atoms with E-state index in [0.29, 0.717) is 32.3 Å². The van der Waals surface area contributed by atoms with E-state index in [1.807, 2.05) is 6.08 Å². The van der Waals surface area contributed by atoms with Crippen LogP contribution in [0, 0.1) is 0 Å². The minimum absolute atomic E-state index is 0.0272. The molecular weight excluding hydrogens is 683 g/mol. The fraction of sp³-hybridized carbons (Fsp3) is 0.837. The third kappa shape index (κ3) is 41.5. The standard InChI is InChI=1S/C49H91NO5/c1-3-5-7-9-11-13-15-18-23-27-31-35-39-43-49(54)55-44-40-36-32-28-24-20-17-19-22-26-30-34-38-42-48(53)50-46(45-51)47(52)41-37-33-29-25-21-16-14-12-10-8-6-4-2/h13,15,19,22,30,34,46-47,51-52H,3-12,14,16-18,20-21,23-29,31-33,35-45H2,1-2H3,(H,50,53)/b15-13-,22-19-,34-30-. The first-order valence-electron chi connectivity index (χ1n) is 23.7. The van der Waals surface area contributed by atoms with E-state index >= 15 is 0 Å². The maximum atomic E-state index is 12.4. The molecule has 0 aromatic rings. The predicted molar refractivity (Wildman–Crippen MR) is 236 cm³/mol. The van der Waals surface area contributed by atoms with Crippen molar-refractivity contribution in [1.82, 2.24) is 5.32 Å². The Balaban J connectivity index is 3.57. The fourth-order valence-corrected chi connectivity index (χ4v) is 6.98. The van der Waals surface area contributed by atoms with Crippen molar-refractivity contribution in [2.75, 3.05) is 13.2 Å². The normalized spacial score (nSPS) is 13.0. The molecule has 0 saturated carbocycles. The Bertz CT molecular complexity index is 900. The number of ether oxygens (including phenoxy) is 1. The summed E-state index contributed by atoms with van der Waals surface area (Å²) in [4.78, 5) is 24.3. The van der Waals surface area contributed by atoms with Crippen LogP contribution in [0.25, 0.3) is 0 Å². The fourth-order valence-electron chi connectivity index (χ4n) is 6.98. The van der Waals surface area contributed by atoms with Gasteiger partial charge in [-0.1, -0.05) is 192 Å². The van der Waals surface area contributed by atoms with Crippen LogP contribution in [-0.4, -0.2) is 47.4 Å². The van der Waals surface area contributed by atoms with Crippen molar-refractivity contribution >= 4 is 11.9 Å². The molecule has 0 fully saturated rings. The molecule has 0 bridgehead atoms. The molecule has 0 aromatic carbocycles. The average Bonchev–Trinajstić information content (AvgIpc) is 3.18. The number of unbranched alkanes of at least 4 members (excludes halogenated alkanes) is 26. The number of esters is 1. The molecule has 3 N–H and O–H groups in total. The number of rotatable bonds is 43. The van der Waals surface area contributed by atoms with Gasteiger partial charge in [0.25, 0.3) is 0 Å². The van der Waals surface area contributed by atoms with E-state index in [0.717, 1.165) is 51.4 Å². The Morgan fingerprint density at radius 1 is 0.509 bits per heavy atom. The van der Waals surface area contributed by atoms with E-state index in [4.69, 9.17) is 4.74 Å². The Morgan fingerprint density at radius 3 is 1.45 bits per heavy atom. The molecule has 0 aliphatic rings. The summed E-state index contributed by atoms with van der Waals surface area (Å²) >= 11 is 0. The van der Waals surface area contributed by atoms with Crippen LogP contribution in [0.2, 0.25) is 0 Å². The molecule has 0 saturated heterocycles. The van der Waals surface area contributed by atoms with Crippen LogP contribution in [0.5, 0.6) is 0 Å². The lowest BCUT2D eigenvalue weighted by atomic mass is 10.0. The van der Waals surface area contributed by atoms with Crippen molar-refractivity contribution < 1.29 is 24.5 Å². The Kier molecular flexibility index (Phi) is 43.2. The SMILES string of the molecule is CCCCCC/C=C\CCCCCCCC(=O)OCCCCCCCC/C=C\C/C=C\CCC(=O)NC(CO)C(O)CCCCCCCCCCCCCC. The van der Waals surface area contributed by atoms with Crippen molar-refractivity contribution in [3.8, 4) is 0 Å². The van der Waals surface area contributed by atoms with Crippen LogP contribution in [-0.2, 0) is 14.3 Å². The van der Waals surface area contributed by atoms with Crippen LogP contribution >= 0.6 is 0 Å². The van der Waals surface area contributed by atoms with E-state index in [9.17, 15) is 19.8 Å². The number of hydrogen-bond donors (Lipinski definition) is 3. The zero-order chi connectivity index (χ0) is 40.1. The molecule has 0 aromatic heterocycles. The summed E-state index contributed by atoms with van der Waals surface area (Å²) in [7, 11) is 0. The highest BCUT2D eigenvalue weighted by Gasteiger charge is 2.19. The molecule has 0 aliphatic carbocycles. The zero-order valence-electron chi connectivity index (χ0n) is 36.4. The number of nitrogens with one attached hydrogen (secondary N) is 1. The van der Waals surface area contributed by atoms with Crippen LogP contribution in [0.4, 0.5) is 0 Å². The van der Waals surface area contributed by atoms with Crippen molar-refractivity contribution in [3.63, 3.8) is 0 Å². The summed E-state index contributed by atoms with van der Waals surface area (Å²) in [6, 6.07) is -0.584. The molecule has 55 heavy (non-hydrogen) atoms. The Hall–Kier alpha value is -1.92. The number of hydrogen-bond acceptors (Lipinski definition) is 5. The van der Waals surface area contributed by atoms with Crippen LogP contribution < -0.4 is 5.32 Å². The van der Waals surface area contributed by atoms with Crippen LogP contribution in [0.15, 0.2) is 36.5 Å². The van der Waals surface area contributed by atoms with Crippen molar-refractivity contribution in [3.05, 3.63) is 36.5 Å². The molecule has 2 unspecified atom stereocenters. The largest absolute Gasteiger partial charge is 0.466 e. The molecule has 0 rings (SSSR count). The number of aliphatic hydroxyl groups excluding tert-OH is 2. The average molecular weight is 774 g/mol. The Labute approximate surface area is 341 Å². The molecular formula is C49H91NO5. The minimum Gasteiger partial charge on any atom is -0.466 e. The summed E-state index contributed by atoms with van der Waals surface area (Å²) in [6.45, 7) is 4.85. The van der Waals surface area contributed by atoms with Gasteiger partial charge < -0.3 is 20.3 Å². The number of carbonyl (C=O) groups excluding carboxylic acids is 2. The highest BCUT2D eigenvalue weighted by molar-refractivity contribution is 5.76. The van der Waals surface area contributed by atoms with E-state index in [2.05, 4.69) is 49.5 Å². The van der Waals surface area contributed by atoms with Crippen molar-refractivity contribution in [2.24, 2.45) is 0 Å². The maximum absolute atomic E-state index is 12.4. The molecule has 0 heterocycles. The predicted octanol–water partition coefficient (Wildman–Crippen LogP) is 13.7. The second-order valence-corrected chi connectivity index (χ2v) is 16.1. The summed E-state index contributed by atoms with van der Waals surface area (Å²) < 4.78 is 5.43. The number of carbonyl (C=O) groups is 2. The molecule has 6 heteroatoms. The molecule has 322 valence electrons. The van der Waals surface area contributed by atoms with E-state index in [-0.39, 0.29) is 18.5 Å². The molecule has 0 spiro atoms. The summed E-state index contributed by atoms with van der Waals surface area (Å²) in [5.41, 5.74) is 0. The monoisotopic (exact) mass is 774 g/mol. The number of amides is 1. The second-order valence-electron chi connectivity index (χ2n) is 16.1. The summed E-state index contributed by atoms with van der Waals surface area (Å²) in [5.74, 6) is -0.145. The highest BCUT2D eigenvalue weighted by Crippen LogP contribution is 2.15. The van der Waals surface area contributed by atoms with Gasteiger partial charge in [-0.15, -0.1) is 0 Å². The molecule has 1 amide bonds. The van der Waals surface area contributed by atoms with Gasteiger partial charge in [0.05, 0.1) is 25.4 Å². The van der Waals surface area contributed by atoms with Gasteiger partial charge in [0.1, 0.15) is 0 Å². The second kappa shape index (κ2) is 44.8. The molecule has 6 nitrogen and oxygen atoms in total. The number of allylic oxidation sites excluding steroid dienone is 6. The lowest BCUT2D eigenvalue weighted by Gasteiger charge is -2.22. The van der Waals surface area contributed by atoms with E-state index in [1.54, 1.807) is 0 Å². The van der Waals surface area contributed by atoms with Crippen LogP contribution in [0.3, 0.4) is 0 Å². The Morgan fingerprint density at radius 2 is 0.927 bits per heavy atom. The van der Waals surface area contributed by atoms with Gasteiger partial charge in [-0.05, 0) is 70.6 Å². The lowest BCUT2D eigenvalue weighted by molar-refractivity contribution is -0.143. The van der Waals surface area contributed by atoms with Gasteiger partial charge in [0.15, 0.2) is 0 Å². The van der Waals surface area contributed by atoms with E-state index < -0.39 is 12.1 Å². The van der Waals surface area contributed by atoms with Gasteiger partial charge in [-0.3, -0.25) is 9.59 Å². The van der Waals surface area contributed by atoms with Gasteiger partial charge in [-0.2, -0.15) is 0 Å². The quantitative estimate of drug-likeness (QED) is 0.0326. The van der Waals surface area contributed by atoms with Crippen molar-refractivity contribution in [2.45, 2.75) is 251 Å². The third-order valence-electron chi connectivity index (χ3n) is 10.7. The highest BCUT2D eigenvalue weighted by atomic mass is 16.5. The molecule has 0 radical (unpaired) electrons. The van der Waals surface area contributed by atoms with Gasteiger partial charge in [0, 0.05) is 12.8 Å². The summed E-state index contributed by atoms with van der Waals surface area (Å²) in [5, 5.41) is 23.0. The first-order chi connectivity index (χ1) is 27.0. The summed E-state index contributed by atoms with van der Waals surface area (Å²) in [6.07, 6.45) is 52.6. The van der Waals surface area contributed by atoms with Gasteiger partial charge >= 0.3 is 5.97 Å². The van der Waals surface area contributed by atoms with Crippen molar-refractivity contribution in [1.29, 1.82) is 0 Å². The first kappa shape index (κ1) is 53.1.